The molecule has 20 heavy (non-hydrogen) atoms. The topological polar surface area (TPSA) is 41.6 Å². The van der Waals surface area contributed by atoms with Gasteiger partial charge in [-0.05, 0) is 31.2 Å². The number of carbonyl (C=O) groups excluding carboxylic acids is 1. The molecule has 0 saturated carbocycles. The average molecular weight is 384 g/mol. The lowest BCUT2D eigenvalue weighted by Gasteiger charge is -2.23. The molecule has 0 aromatic heterocycles. The van der Waals surface area contributed by atoms with E-state index in [0.717, 1.165) is 24.0 Å². The first-order valence-corrected chi connectivity index (χ1v) is 7.29. The summed E-state index contributed by atoms with van der Waals surface area (Å²) in [5.74, 6) is 0.490. The summed E-state index contributed by atoms with van der Waals surface area (Å²) < 4.78 is 6.35. The predicted octanol–water partition coefficient (Wildman–Crippen LogP) is 2.72. The number of carbonyl (C=O) groups is 1. The van der Waals surface area contributed by atoms with Crippen molar-refractivity contribution in [2.75, 3.05) is 26.7 Å². The van der Waals surface area contributed by atoms with Crippen LogP contribution in [0, 0.1) is 0 Å². The van der Waals surface area contributed by atoms with Gasteiger partial charge in [0.25, 0.3) is 5.91 Å². The van der Waals surface area contributed by atoms with Gasteiger partial charge in [0, 0.05) is 24.1 Å². The number of nitrogens with one attached hydrogen (secondary N) is 1. The molecule has 1 fully saturated rings. The Kier molecular flexibility index (Phi) is 7.09. The van der Waals surface area contributed by atoms with Crippen LogP contribution in [0.4, 0.5) is 0 Å². The third-order valence-corrected chi connectivity index (χ3v) is 4.01. The quantitative estimate of drug-likeness (QED) is 0.869. The summed E-state index contributed by atoms with van der Waals surface area (Å²) in [5, 5.41) is 3.73. The Morgan fingerprint density at radius 3 is 2.95 bits per heavy atom. The van der Waals surface area contributed by atoms with Crippen LogP contribution >= 0.6 is 39.9 Å². The van der Waals surface area contributed by atoms with Gasteiger partial charge in [-0.3, -0.25) is 4.79 Å². The Morgan fingerprint density at radius 2 is 2.35 bits per heavy atom. The lowest BCUT2D eigenvalue weighted by Crippen LogP contribution is -2.40. The van der Waals surface area contributed by atoms with Crippen molar-refractivity contribution in [1.29, 1.82) is 0 Å². The van der Waals surface area contributed by atoms with E-state index in [1.165, 1.54) is 0 Å². The molecule has 1 atom stereocenters. The number of hydrogen-bond donors (Lipinski definition) is 1. The molecule has 2 rings (SSSR count). The summed E-state index contributed by atoms with van der Waals surface area (Å²) in [7, 11) is 1.81. The molecule has 1 unspecified atom stereocenters. The largest absolute Gasteiger partial charge is 0.482 e. The fourth-order valence-corrected chi connectivity index (χ4v) is 2.74. The number of nitrogens with zero attached hydrogens (tertiary/aromatic N) is 1. The van der Waals surface area contributed by atoms with Gasteiger partial charge in [-0.1, -0.05) is 27.5 Å². The summed E-state index contributed by atoms with van der Waals surface area (Å²) in [4.78, 5) is 13.7. The molecule has 1 aromatic rings. The van der Waals surface area contributed by atoms with E-state index in [2.05, 4.69) is 21.2 Å². The van der Waals surface area contributed by atoms with Crippen molar-refractivity contribution >= 4 is 45.8 Å². The molecule has 1 amide bonds. The summed E-state index contributed by atoms with van der Waals surface area (Å²) >= 11 is 9.35. The molecule has 0 bridgehead atoms. The Hall–Kier alpha value is -0.490. The first kappa shape index (κ1) is 17.6. The van der Waals surface area contributed by atoms with Crippen LogP contribution < -0.4 is 10.1 Å². The average Bonchev–Trinajstić information content (AvgIpc) is 2.90. The molecule has 112 valence electrons. The van der Waals surface area contributed by atoms with Gasteiger partial charge in [0.05, 0.1) is 5.02 Å². The van der Waals surface area contributed by atoms with Crippen LogP contribution in [0.1, 0.15) is 6.42 Å². The van der Waals surface area contributed by atoms with Crippen LogP contribution in [-0.2, 0) is 4.79 Å². The molecule has 0 radical (unpaired) electrons. The minimum atomic E-state index is -0.0346. The number of benzene rings is 1. The van der Waals surface area contributed by atoms with Gasteiger partial charge in [-0.2, -0.15) is 0 Å². The van der Waals surface area contributed by atoms with Crippen LogP contribution in [0.2, 0.25) is 5.02 Å². The molecule has 1 aliphatic heterocycles. The highest BCUT2D eigenvalue weighted by Crippen LogP contribution is 2.27. The van der Waals surface area contributed by atoms with E-state index in [1.54, 1.807) is 17.0 Å². The summed E-state index contributed by atoms with van der Waals surface area (Å²) in [6, 6.07) is 5.58. The van der Waals surface area contributed by atoms with Crippen LogP contribution in [0.15, 0.2) is 22.7 Å². The molecule has 0 spiro atoms. The molecule has 1 N–H and O–H groups in total. The van der Waals surface area contributed by atoms with Crippen molar-refractivity contribution < 1.29 is 9.53 Å². The molecule has 4 nitrogen and oxygen atoms in total. The van der Waals surface area contributed by atoms with E-state index in [9.17, 15) is 4.79 Å². The zero-order valence-electron chi connectivity index (χ0n) is 11.1. The maximum absolute atomic E-state index is 12.0. The third kappa shape index (κ3) is 4.52. The van der Waals surface area contributed by atoms with Gasteiger partial charge in [0.15, 0.2) is 6.61 Å². The van der Waals surface area contributed by atoms with Crippen LogP contribution in [0.5, 0.6) is 5.75 Å². The molecule has 1 aromatic carbocycles. The van der Waals surface area contributed by atoms with Crippen LogP contribution in [0.3, 0.4) is 0 Å². The second kappa shape index (κ2) is 8.08. The van der Waals surface area contributed by atoms with E-state index in [1.807, 2.05) is 13.1 Å². The molecule has 7 heteroatoms. The highest BCUT2D eigenvalue weighted by atomic mass is 79.9. The number of rotatable bonds is 4. The van der Waals surface area contributed by atoms with E-state index in [0.29, 0.717) is 10.8 Å². The first-order valence-electron chi connectivity index (χ1n) is 6.12. The minimum absolute atomic E-state index is 0. The predicted molar refractivity (Wildman–Crippen MR) is 85.9 cm³/mol. The molecular weight excluding hydrogens is 367 g/mol. The van der Waals surface area contributed by atoms with Crippen molar-refractivity contribution in [1.82, 2.24) is 10.2 Å². The number of hydrogen-bond acceptors (Lipinski definition) is 3. The SMILES string of the molecule is CN(C(=O)COc1ccc(Br)cc1Cl)C1CCNC1.Cl. The van der Waals surface area contributed by atoms with Crippen molar-refractivity contribution in [3.05, 3.63) is 27.7 Å². The first-order chi connectivity index (χ1) is 9.08. The van der Waals surface area contributed by atoms with Gasteiger partial charge in [0.1, 0.15) is 5.75 Å². The fraction of sp³-hybridized carbons (Fsp3) is 0.462. The van der Waals surface area contributed by atoms with Crippen molar-refractivity contribution in [3.63, 3.8) is 0 Å². The van der Waals surface area contributed by atoms with Gasteiger partial charge in [-0.25, -0.2) is 0 Å². The fourth-order valence-electron chi connectivity index (χ4n) is 2.01. The Labute approximate surface area is 138 Å². The third-order valence-electron chi connectivity index (χ3n) is 3.22. The summed E-state index contributed by atoms with van der Waals surface area (Å²) in [6.45, 7) is 1.82. The Bertz CT molecular complexity index is 468. The number of halogens is 3. The van der Waals surface area contributed by atoms with E-state index >= 15 is 0 Å². The molecule has 0 aliphatic carbocycles. The number of amides is 1. The standard InChI is InChI=1S/C13H16BrClN2O2.ClH/c1-17(10-4-5-16-7-10)13(18)8-19-12-3-2-9(14)6-11(12)15;/h2-3,6,10,16H,4-5,7-8H2,1H3;1H. The van der Waals surface area contributed by atoms with Gasteiger partial charge < -0.3 is 15.0 Å². The second-order valence-electron chi connectivity index (χ2n) is 4.51. The minimum Gasteiger partial charge on any atom is -0.482 e. The zero-order chi connectivity index (χ0) is 13.8. The van der Waals surface area contributed by atoms with Crippen molar-refractivity contribution in [2.24, 2.45) is 0 Å². The molecular formula is C13H17BrCl2N2O2. The van der Waals surface area contributed by atoms with Crippen LogP contribution in [-0.4, -0.2) is 43.6 Å². The smallest absolute Gasteiger partial charge is 0.260 e. The monoisotopic (exact) mass is 382 g/mol. The lowest BCUT2D eigenvalue weighted by atomic mass is 10.2. The van der Waals surface area contributed by atoms with Crippen LogP contribution in [0.25, 0.3) is 0 Å². The summed E-state index contributed by atoms with van der Waals surface area (Å²) in [6.07, 6.45) is 0.987. The number of ether oxygens (including phenoxy) is 1. The van der Waals surface area contributed by atoms with Gasteiger partial charge in [0.2, 0.25) is 0 Å². The Balaban J connectivity index is 0.00000200. The normalized spacial score (nSPS) is 17.4. The molecule has 1 saturated heterocycles. The maximum atomic E-state index is 12.0. The highest BCUT2D eigenvalue weighted by molar-refractivity contribution is 9.10. The maximum Gasteiger partial charge on any atom is 0.260 e. The zero-order valence-corrected chi connectivity index (χ0v) is 14.2. The van der Waals surface area contributed by atoms with Gasteiger partial charge >= 0.3 is 0 Å². The Morgan fingerprint density at radius 1 is 1.60 bits per heavy atom. The van der Waals surface area contributed by atoms with Gasteiger partial charge in [-0.15, -0.1) is 12.4 Å². The highest BCUT2D eigenvalue weighted by Gasteiger charge is 2.23. The summed E-state index contributed by atoms with van der Waals surface area (Å²) in [5.41, 5.74) is 0. The lowest BCUT2D eigenvalue weighted by molar-refractivity contribution is -0.133. The van der Waals surface area contributed by atoms with Crippen molar-refractivity contribution in [2.45, 2.75) is 12.5 Å². The second-order valence-corrected chi connectivity index (χ2v) is 5.84. The number of likely N-dealkylation sites (N-methyl/N-ethyl adjacent to an activating group) is 1. The van der Waals surface area contributed by atoms with Crippen molar-refractivity contribution in [3.8, 4) is 5.75 Å². The molecule has 1 heterocycles. The van der Waals surface area contributed by atoms with E-state index in [4.69, 9.17) is 16.3 Å². The van der Waals surface area contributed by atoms with E-state index in [-0.39, 0.29) is 31.0 Å². The molecule has 1 aliphatic rings. The van der Waals surface area contributed by atoms with E-state index < -0.39 is 0 Å².